The van der Waals surface area contributed by atoms with E-state index in [1.165, 1.54) is 0 Å². The van der Waals surface area contributed by atoms with E-state index in [0.29, 0.717) is 12.3 Å². The Morgan fingerprint density at radius 3 is 2.71 bits per heavy atom. The minimum atomic E-state index is 0.328. The number of benzene rings is 2. The van der Waals surface area contributed by atoms with Crippen molar-refractivity contribution in [2.75, 3.05) is 7.05 Å². The number of phenolic OH excluding ortho intramolecular Hbond substituents is 1. The van der Waals surface area contributed by atoms with Crippen molar-refractivity contribution in [3.05, 3.63) is 47.3 Å². The van der Waals surface area contributed by atoms with Crippen molar-refractivity contribution >= 4 is 10.8 Å². The molecule has 1 N–H and O–H groups in total. The molecular weight excluding hydrogens is 174 g/mol. The van der Waals surface area contributed by atoms with E-state index in [1.54, 1.807) is 13.1 Å². The Morgan fingerprint density at radius 1 is 1.14 bits per heavy atom. The van der Waals surface area contributed by atoms with Gasteiger partial charge in [0.2, 0.25) is 0 Å². The van der Waals surface area contributed by atoms with Crippen LogP contribution < -0.4 is 0 Å². The summed E-state index contributed by atoms with van der Waals surface area (Å²) in [7, 11) is 1.75. The maximum atomic E-state index is 9.68. The molecule has 0 aliphatic carbocycles. The minimum Gasteiger partial charge on any atom is -0.661 e. The maximum absolute atomic E-state index is 9.68. The predicted octanol–water partition coefficient (Wildman–Crippen LogP) is 3.05. The van der Waals surface area contributed by atoms with Gasteiger partial charge in [-0.05, 0) is 22.4 Å². The summed E-state index contributed by atoms with van der Waals surface area (Å²) in [5.74, 6) is 0.328. The van der Waals surface area contributed by atoms with E-state index >= 15 is 0 Å². The first-order valence-corrected chi connectivity index (χ1v) is 4.58. The van der Waals surface area contributed by atoms with Crippen LogP contribution >= 0.6 is 0 Å². The van der Waals surface area contributed by atoms with Gasteiger partial charge in [0.1, 0.15) is 5.75 Å². The molecule has 0 spiro atoms. The van der Waals surface area contributed by atoms with E-state index in [9.17, 15) is 5.11 Å². The van der Waals surface area contributed by atoms with E-state index in [0.717, 1.165) is 16.3 Å². The lowest BCUT2D eigenvalue weighted by Crippen LogP contribution is -1.86. The molecule has 2 rings (SSSR count). The largest absolute Gasteiger partial charge is 0.661 e. The highest BCUT2D eigenvalue weighted by Gasteiger charge is 2.01. The van der Waals surface area contributed by atoms with Gasteiger partial charge in [0.05, 0.1) is 0 Å². The van der Waals surface area contributed by atoms with Crippen molar-refractivity contribution in [3.63, 3.8) is 0 Å². The van der Waals surface area contributed by atoms with Gasteiger partial charge in [-0.2, -0.15) is 7.05 Å². The van der Waals surface area contributed by atoms with Crippen LogP contribution in [0.4, 0.5) is 0 Å². The number of fused-ring (bicyclic) bond motifs is 1. The van der Waals surface area contributed by atoms with E-state index in [4.69, 9.17) is 0 Å². The fourth-order valence-corrected chi connectivity index (χ4v) is 1.65. The predicted molar refractivity (Wildman–Crippen MR) is 58.6 cm³/mol. The van der Waals surface area contributed by atoms with Crippen molar-refractivity contribution in [1.82, 2.24) is 0 Å². The third-order valence-electron chi connectivity index (χ3n) is 2.33. The second-order valence-corrected chi connectivity index (χ2v) is 3.26. The molecule has 2 aromatic rings. The quantitative estimate of drug-likeness (QED) is 0.768. The zero-order valence-electron chi connectivity index (χ0n) is 8.07. The molecule has 72 valence electrons. The lowest BCUT2D eigenvalue weighted by atomic mass is 10.0. The molecule has 0 unspecified atom stereocenters. The van der Waals surface area contributed by atoms with Crippen molar-refractivity contribution in [1.29, 1.82) is 0 Å². The Morgan fingerprint density at radius 2 is 1.93 bits per heavy atom. The second kappa shape index (κ2) is 3.68. The summed E-state index contributed by atoms with van der Waals surface area (Å²) in [4.78, 5) is 0. The number of nitrogens with zero attached hydrogens (tertiary/aromatic N) is 1. The fourth-order valence-electron chi connectivity index (χ4n) is 1.65. The van der Waals surface area contributed by atoms with Crippen LogP contribution in [0.25, 0.3) is 16.1 Å². The number of aromatic hydroxyl groups is 1. The third-order valence-corrected chi connectivity index (χ3v) is 2.33. The van der Waals surface area contributed by atoms with Crippen LogP contribution in [0.15, 0.2) is 36.4 Å². The highest BCUT2D eigenvalue weighted by molar-refractivity contribution is 5.87. The van der Waals surface area contributed by atoms with Crippen LogP contribution in [-0.2, 0) is 6.54 Å². The van der Waals surface area contributed by atoms with Crippen LogP contribution in [0.3, 0.4) is 0 Å². The first-order chi connectivity index (χ1) is 6.83. The Kier molecular flexibility index (Phi) is 2.37. The van der Waals surface area contributed by atoms with Crippen LogP contribution in [0.1, 0.15) is 5.56 Å². The van der Waals surface area contributed by atoms with E-state index in [1.807, 2.05) is 30.3 Å². The van der Waals surface area contributed by atoms with Gasteiger partial charge in [-0.3, -0.25) is 0 Å². The highest BCUT2D eigenvalue weighted by Crippen LogP contribution is 2.28. The van der Waals surface area contributed by atoms with Crippen molar-refractivity contribution < 1.29 is 5.11 Å². The molecule has 0 fully saturated rings. The Labute approximate surface area is 83.2 Å². The average molecular weight is 186 g/mol. The van der Waals surface area contributed by atoms with E-state index in [-0.39, 0.29) is 0 Å². The molecule has 0 amide bonds. The van der Waals surface area contributed by atoms with Crippen molar-refractivity contribution in [2.45, 2.75) is 6.54 Å². The Bertz CT molecular complexity index is 451. The van der Waals surface area contributed by atoms with Gasteiger partial charge in [0.15, 0.2) is 0 Å². The Balaban J connectivity index is 2.69. The normalized spacial score (nSPS) is 10.6. The van der Waals surface area contributed by atoms with Gasteiger partial charge >= 0.3 is 0 Å². The minimum absolute atomic E-state index is 0.328. The molecule has 0 atom stereocenters. The SMILES string of the molecule is C[N-]Cc1c(O)ccc2ccccc12. The smallest absolute Gasteiger partial charge is 0.117 e. The van der Waals surface area contributed by atoms with Crippen LogP contribution in [0.2, 0.25) is 0 Å². The first kappa shape index (κ1) is 9.03. The lowest BCUT2D eigenvalue weighted by molar-refractivity contribution is 0.470. The van der Waals surface area contributed by atoms with Gasteiger partial charge < -0.3 is 10.4 Å². The number of hydrogen-bond donors (Lipinski definition) is 1. The lowest BCUT2D eigenvalue weighted by Gasteiger charge is -2.15. The van der Waals surface area contributed by atoms with Gasteiger partial charge in [-0.1, -0.05) is 30.3 Å². The molecule has 0 radical (unpaired) electrons. The summed E-state index contributed by atoms with van der Waals surface area (Å²) in [6.07, 6.45) is 0. The molecule has 0 heterocycles. The second-order valence-electron chi connectivity index (χ2n) is 3.26. The summed E-state index contributed by atoms with van der Waals surface area (Å²) in [6, 6.07) is 11.7. The molecule has 2 aromatic carbocycles. The maximum Gasteiger partial charge on any atom is 0.117 e. The zero-order valence-corrected chi connectivity index (χ0v) is 8.07. The molecule has 0 bridgehead atoms. The molecule has 2 heteroatoms. The molecule has 2 nitrogen and oxygen atoms in total. The fraction of sp³-hybridized carbons (Fsp3) is 0.167. The van der Waals surface area contributed by atoms with Gasteiger partial charge in [0, 0.05) is 0 Å². The molecule has 0 aliphatic rings. The topological polar surface area (TPSA) is 34.3 Å². The monoisotopic (exact) mass is 186 g/mol. The summed E-state index contributed by atoms with van der Waals surface area (Å²) < 4.78 is 0. The number of hydrogen-bond acceptors (Lipinski definition) is 1. The van der Waals surface area contributed by atoms with Crippen molar-refractivity contribution in [2.24, 2.45) is 0 Å². The molecule has 0 saturated heterocycles. The average Bonchev–Trinajstić information content (AvgIpc) is 2.23. The van der Waals surface area contributed by atoms with Gasteiger partial charge in [-0.15, -0.1) is 6.54 Å². The van der Waals surface area contributed by atoms with Crippen LogP contribution in [0.5, 0.6) is 5.75 Å². The van der Waals surface area contributed by atoms with Gasteiger partial charge in [-0.25, -0.2) is 0 Å². The number of rotatable bonds is 2. The molecule has 14 heavy (non-hydrogen) atoms. The van der Waals surface area contributed by atoms with Gasteiger partial charge in [0.25, 0.3) is 0 Å². The van der Waals surface area contributed by atoms with Crippen molar-refractivity contribution in [3.8, 4) is 5.75 Å². The third kappa shape index (κ3) is 1.44. The summed E-state index contributed by atoms with van der Waals surface area (Å²) in [5.41, 5.74) is 0.908. The molecule has 0 saturated carbocycles. The summed E-state index contributed by atoms with van der Waals surface area (Å²) in [5, 5.41) is 16.0. The first-order valence-electron chi connectivity index (χ1n) is 4.58. The van der Waals surface area contributed by atoms with E-state index in [2.05, 4.69) is 5.32 Å². The molecule has 0 aromatic heterocycles. The summed E-state index contributed by atoms with van der Waals surface area (Å²) in [6.45, 7) is 0.563. The van der Waals surface area contributed by atoms with Crippen LogP contribution in [0, 0.1) is 0 Å². The van der Waals surface area contributed by atoms with E-state index < -0.39 is 0 Å². The zero-order chi connectivity index (χ0) is 9.97. The number of phenols is 1. The molecule has 0 aliphatic heterocycles. The highest BCUT2D eigenvalue weighted by atomic mass is 16.3. The van der Waals surface area contributed by atoms with Crippen LogP contribution in [-0.4, -0.2) is 12.2 Å². The standard InChI is InChI=1S/C12H12NO/c1-13-8-11-10-5-3-2-4-9(10)6-7-12(11)14/h2-7,14H,8H2,1H3/q-1. The Hall–Kier alpha value is -1.54. The molecular formula is C12H12NO-. The summed E-state index contributed by atoms with van der Waals surface area (Å²) >= 11 is 0.